The Kier molecular flexibility index (Phi) is 6.71. The highest BCUT2D eigenvalue weighted by Crippen LogP contribution is 2.35. The van der Waals surface area contributed by atoms with Crippen molar-refractivity contribution in [3.8, 4) is 0 Å². The van der Waals surface area contributed by atoms with Crippen LogP contribution in [0.15, 0.2) is 36.7 Å². The molecule has 148 valence electrons. The maximum Gasteiger partial charge on any atom is 0.225 e. The number of aryl methyl sites for hydroxylation is 2. The summed E-state index contributed by atoms with van der Waals surface area (Å²) in [5, 5.41) is 11.0. The summed E-state index contributed by atoms with van der Waals surface area (Å²) in [6.07, 6.45) is 3.89. The average Bonchev–Trinajstić information content (AvgIpc) is 3.19. The van der Waals surface area contributed by atoms with Crippen molar-refractivity contribution in [1.29, 1.82) is 0 Å². The molecule has 3 atom stereocenters. The fourth-order valence-electron chi connectivity index (χ4n) is 3.83. The van der Waals surface area contributed by atoms with E-state index in [1.165, 1.54) is 5.56 Å². The number of nitrogens with zero attached hydrogens (tertiary/aromatic N) is 2. The number of amides is 1. The second kappa shape index (κ2) is 8.44. The van der Waals surface area contributed by atoms with Crippen LogP contribution in [-0.4, -0.2) is 28.8 Å². The Labute approximate surface area is 168 Å². The summed E-state index contributed by atoms with van der Waals surface area (Å²) in [6.45, 7) is 10.1. The molecule has 0 bridgehead atoms. The van der Waals surface area contributed by atoms with Gasteiger partial charge in [-0.1, -0.05) is 50.6 Å². The molecular weight excluding hydrogens is 360 g/mol. The predicted molar refractivity (Wildman–Crippen MR) is 111 cm³/mol. The topological polar surface area (TPSA) is 59.0 Å². The fourth-order valence-corrected chi connectivity index (χ4v) is 3.83. The average molecular weight is 391 g/mol. The van der Waals surface area contributed by atoms with E-state index >= 15 is 0 Å². The van der Waals surface area contributed by atoms with E-state index in [1.54, 1.807) is 4.68 Å². The Balaban J connectivity index is 0.00000261. The number of benzene rings is 1. The highest BCUT2D eigenvalue weighted by atomic mass is 35.5. The van der Waals surface area contributed by atoms with Gasteiger partial charge >= 0.3 is 0 Å². The Morgan fingerprint density at radius 3 is 2.67 bits per heavy atom. The quantitative estimate of drug-likeness (QED) is 0.841. The maximum atomic E-state index is 13.2. The summed E-state index contributed by atoms with van der Waals surface area (Å²) in [7, 11) is 1.91. The van der Waals surface area contributed by atoms with Gasteiger partial charge in [-0.05, 0) is 23.5 Å². The van der Waals surface area contributed by atoms with Gasteiger partial charge < -0.3 is 10.6 Å². The number of nitrogens with one attached hydrogen (secondary N) is 2. The third-order valence-corrected chi connectivity index (χ3v) is 5.23. The van der Waals surface area contributed by atoms with Crippen LogP contribution in [0.2, 0.25) is 0 Å². The van der Waals surface area contributed by atoms with E-state index in [1.807, 2.05) is 19.4 Å². The molecular formula is C21H31ClN4O. The molecule has 1 saturated heterocycles. The molecule has 1 aliphatic rings. The highest BCUT2D eigenvalue weighted by molar-refractivity contribution is 5.85. The van der Waals surface area contributed by atoms with E-state index in [2.05, 4.69) is 67.7 Å². The largest absolute Gasteiger partial charge is 0.348 e. The van der Waals surface area contributed by atoms with Gasteiger partial charge in [-0.15, -0.1) is 12.4 Å². The van der Waals surface area contributed by atoms with Gasteiger partial charge in [-0.2, -0.15) is 5.10 Å². The Bertz CT molecular complexity index is 780. The van der Waals surface area contributed by atoms with Gasteiger partial charge in [0.1, 0.15) is 0 Å². The number of rotatable bonds is 4. The summed E-state index contributed by atoms with van der Waals surface area (Å²) < 4.78 is 1.80. The van der Waals surface area contributed by atoms with E-state index in [0.717, 1.165) is 17.7 Å². The van der Waals surface area contributed by atoms with Crippen LogP contribution in [0, 0.1) is 18.3 Å². The first-order chi connectivity index (χ1) is 12.3. The standard InChI is InChI=1S/C21H30N4O.ClH/c1-14-7-6-8-15(9-14)19(21(2,3)4)24-20(26)18-12-22-11-17(18)16-10-23-25(5)13-16;/h6-10,13,17-19,22H,11-12H2,1-5H3,(H,24,26);1H/t17-,18+,19?;/m1./s1. The third kappa shape index (κ3) is 4.90. The van der Waals surface area contributed by atoms with Crippen LogP contribution >= 0.6 is 12.4 Å². The molecule has 27 heavy (non-hydrogen) atoms. The molecule has 3 rings (SSSR count). The Hall–Kier alpha value is -1.85. The highest BCUT2D eigenvalue weighted by Gasteiger charge is 2.37. The van der Waals surface area contributed by atoms with Crippen molar-refractivity contribution in [3.63, 3.8) is 0 Å². The first-order valence-electron chi connectivity index (χ1n) is 9.32. The fraction of sp³-hybridized carbons (Fsp3) is 0.524. The number of halogens is 1. The van der Waals surface area contributed by atoms with Gasteiger partial charge in [-0.25, -0.2) is 0 Å². The second-order valence-corrected chi connectivity index (χ2v) is 8.54. The number of carbonyl (C=O) groups is 1. The lowest BCUT2D eigenvalue weighted by Gasteiger charge is -2.33. The van der Waals surface area contributed by atoms with Crippen molar-refractivity contribution < 1.29 is 4.79 Å². The molecule has 1 fully saturated rings. The SMILES string of the molecule is Cc1cccc(C(NC(=O)[C@H]2CNC[C@@H]2c2cnn(C)c2)C(C)(C)C)c1.Cl. The molecule has 6 heteroatoms. The van der Waals surface area contributed by atoms with Gasteiger partial charge in [0.15, 0.2) is 0 Å². The first-order valence-corrected chi connectivity index (χ1v) is 9.32. The lowest BCUT2D eigenvalue weighted by atomic mass is 9.81. The van der Waals surface area contributed by atoms with Crippen LogP contribution in [-0.2, 0) is 11.8 Å². The van der Waals surface area contributed by atoms with Crippen LogP contribution in [0.1, 0.15) is 49.4 Å². The molecule has 2 aromatic rings. The van der Waals surface area contributed by atoms with E-state index in [9.17, 15) is 4.79 Å². The lowest BCUT2D eigenvalue weighted by Crippen LogP contribution is -2.41. The number of aromatic nitrogens is 2. The van der Waals surface area contributed by atoms with E-state index < -0.39 is 0 Å². The smallest absolute Gasteiger partial charge is 0.225 e. The van der Waals surface area contributed by atoms with Crippen LogP contribution in [0.25, 0.3) is 0 Å². The molecule has 2 heterocycles. The van der Waals surface area contributed by atoms with Crippen molar-refractivity contribution in [2.45, 2.75) is 39.7 Å². The van der Waals surface area contributed by atoms with Gasteiger partial charge in [0.25, 0.3) is 0 Å². The zero-order valence-corrected chi connectivity index (χ0v) is 17.6. The van der Waals surface area contributed by atoms with Crippen molar-refractivity contribution in [2.75, 3.05) is 13.1 Å². The predicted octanol–water partition coefficient (Wildman–Crippen LogP) is 3.36. The molecule has 0 aliphatic carbocycles. The minimum atomic E-state index is -0.0751. The van der Waals surface area contributed by atoms with Gasteiger partial charge in [0, 0.05) is 32.3 Å². The van der Waals surface area contributed by atoms with Gasteiger partial charge in [-0.3, -0.25) is 9.48 Å². The molecule has 5 nitrogen and oxygen atoms in total. The normalized spacial score (nSPS) is 20.8. The summed E-state index contributed by atoms with van der Waals surface area (Å²) in [4.78, 5) is 13.2. The lowest BCUT2D eigenvalue weighted by molar-refractivity contribution is -0.126. The molecule has 1 amide bonds. The van der Waals surface area contributed by atoms with Crippen LogP contribution in [0.5, 0.6) is 0 Å². The van der Waals surface area contributed by atoms with Crippen LogP contribution in [0.3, 0.4) is 0 Å². The number of hydrogen-bond donors (Lipinski definition) is 2. The number of carbonyl (C=O) groups excluding carboxylic acids is 1. The summed E-state index contributed by atoms with van der Waals surface area (Å²) in [5.74, 6) is 0.209. The van der Waals surface area contributed by atoms with E-state index in [-0.39, 0.29) is 41.6 Å². The Morgan fingerprint density at radius 2 is 2.07 bits per heavy atom. The minimum absolute atomic E-state index is 0. The number of hydrogen-bond acceptors (Lipinski definition) is 3. The van der Waals surface area contributed by atoms with Crippen molar-refractivity contribution in [3.05, 3.63) is 53.3 Å². The van der Waals surface area contributed by atoms with Crippen molar-refractivity contribution in [1.82, 2.24) is 20.4 Å². The molecule has 1 aliphatic heterocycles. The summed E-state index contributed by atoms with van der Waals surface area (Å²) in [5.41, 5.74) is 3.43. The van der Waals surface area contributed by atoms with Crippen LogP contribution < -0.4 is 10.6 Å². The van der Waals surface area contributed by atoms with Crippen molar-refractivity contribution in [2.24, 2.45) is 18.4 Å². The zero-order valence-electron chi connectivity index (χ0n) is 16.8. The molecule has 2 N–H and O–H groups in total. The van der Waals surface area contributed by atoms with E-state index in [0.29, 0.717) is 6.54 Å². The summed E-state index contributed by atoms with van der Waals surface area (Å²) >= 11 is 0. The molecule has 0 saturated carbocycles. The maximum absolute atomic E-state index is 13.2. The van der Waals surface area contributed by atoms with Gasteiger partial charge in [0.2, 0.25) is 5.91 Å². The first kappa shape index (κ1) is 21.5. The van der Waals surface area contributed by atoms with Crippen LogP contribution in [0.4, 0.5) is 0 Å². The molecule has 0 spiro atoms. The molecule has 1 aromatic heterocycles. The van der Waals surface area contributed by atoms with Gasteiger partial charge in [0.05, 0.1) is 18.2 Å². The molecule has 0 radical (unpaired) electrons. The molecule has 1 aromatic carbocycles. The summed E-state index contributed by atoms with van der Waals surface area (Å²) in [6, 6.07) is 8.40. The third-order valence-electron chi connectivity index (χ3n) is 5.23. The zero-order chi connectivity index (χ0) is 18.9. The van der Waals surface area contributed by atoms with E-state index in [4.69, 9.17) is 0 Å². The molecule has 1 unspecified atom stereocenters. The monoisotopic (exact) mass is 390 g/mol. The Morgan fingerprint density at radius 1 is 1.33 bits per heavy atom. The minimum Gasteiger partial charge on any atom is -0.348 e. The second-order valence-electron chi connectivity index (χ2n) is 8.54. The van der Waals surface area contributed by atoms with Crippen molar-refractivity contribution >= 4 is 18.3 Å².